The average molecular weight is 261 g/mol. The lowest BCUT2D eigenvalue weighted by Crippen LogP contribution is -2.05. The average Bonchev–Trinajstić information content (AvgIpc) is 2.71. The van der Waals surface area contributed by atoms with Crippen molar-refractivity contribution in [3.63, 3.8) is 0 Å². The number of nitro groups is 1. The van der Waals surface area contributed by atoms with Crippen molar-refractivity contribution in [1.82, 2.24) is 9.78 Å². The zero-order valence-corrected chi connectivity index (χ0v) is 10.3. The van der Waals surface area contributed by atoms with Gasteiger partial charge < -0.3 is 5.11 Å². The SMILES string of the molecule is Cc1ccc([N+](=O)[O-])c(-n2nc(C(=O)O)cc2C)c1. The molecule has 7 nitrogen and oxygen atoms in total. The fourth-order valence-corrected chi connectivity index (χ4v) is 1.78. The summed E-state index contributed by atoms with van der Waals surface area (Å²) in [7, 11) is 0. The second-order valence-corrected chi connectivity index (χ2v) is 4.14. The number of hydrogen-bond acceptors (Lipinski definition) is 4. The fourth-order valence-electron chi connectivity index (χ4n) is 1.78. The Morgan fingerprint density at radius 2 is 2.05 bits per heavy atom. The van der Waals surface area contributed by atoms with Crippen molar-refractivity contribution >= 4 is 11.7 Å². The molecule has 98 valence electrons. The van der Waals surface area contributed by atoms with Gasteiger partial charge in [-0.2, -0.15) is 5.10 Å². The number of carboxylic acids is 1. The van der Waals surface area contributed by atoms with Gasteiger partial charge in [-0.15, -0.1) is 0 Å². The predicted molar refractivity (Wildman–Crippen MR) is 66.7 cm³/mol. The highest BCUT2D eigenvalue weighted by atomic mass is 16.6. The van der Waals surface area contributed by atoms with Crippen LogP contribution in [-0.2, 0) is 0 Å². The molecule has 1 N–H and O–H groups in total. The van der Waals surface area contributed by atoms with Crippen molar-refractivity contribution in [3.05, 3.63) is 51.3 Å². The van der Waals surface area contributed by atoms with Crippen molar-refractivity contribution < 1.29 is 14.8 Å². The zero-order valence-electron chi connectivity index (χ0n) is 10.3. The normalized spacial score (nSPS) is 10.4. The molecule has 2 rings (SSSR count). The summed E-state index contributed by atoms with van der Waals surface area (Å²) in [4.78, 5) is 21.4. The number of hydrogen-bond donors (Lipinski definition) is 1. The Balaban J connectivity index is 2.67. The minimum atomic E-state index is -1.17. The van der Waals surface area contributed by atoms with Crippen LogP contribution in [0.25, 0.3) is 5.69 Å². The van der Waals surface area contributed by atoms with Gasteiger partial charge in [0.15, 0.2) is 5.69 Å². The summed E-state index contributed by atoms with van der Waals surface area (Å²) >= 11 is 0. The molecular weight excluding hydrogens is 250 g/mol. The van der Waals surface area contributed by atoms with Crippen LogP contribution in [0, 0.1) is 24.0 Å². The van der Waals surface area contributed by atoms with E-state index in [2.05, 4.69) is 5.10 Å². The van der Waals surface area contributed by atoms with Gasteiger partial charge in [0.1, 0.15) is 5.69 Å². The molecule has 1 aromatic heterocycles. The molecule has 0 spiro atoms. The first-order chi connectivity index (χ1) is 8.90. The molecule has 1 aromatic carbocycles. The molecule has 0 saturated heterocycles. The number of carboxylic acid groups (broad SMARTS) is 1. The Hall–Kier alpha value is -2.70. The Morgan fingerprint density at radius 3 is 2.58 bits per heavy atom. The predicted octanol–water partition coefficient (Wildman–Crippen LogP) is 2.10. The lowest BCUT2D eigenvalue weighted by atomic mass is 10.2. The summed E-state index contributed by atoms with van der Waals surface area (Å²) in [5.41, 5.74) is 1.34. The van der Waals surface area contributed by atoms with Crippen molar-refractivity contribution in [3.8, 4) is 5.69 Å². The Morgan fingerprint density at radius 1 is 1.37 bits per heavy atom. The van der Waals surface area contributed by atoms with Crippen LogP contribution in [0.15, 0.2) is 24.3 Å². The van der Waals surface area contributed by atoms with Gasteiger partial charge in [0.25, 0.3) is 5.69 Å². The molecule has 2 aromatic rings. The number of benzene rings is 1. The lowest BCUT2D eigenvalue weighted by Gasteiger charge is -2.06. The Labute approximate surface area is 108 Å². The molecule has 0 saturated carbocycles. The number of rotatable bonds is 3. The maximum Gasteiger partial charge on any atom is 0.356 e. The molecular formula is C12H11N3O4. The summed E-state index contributed by atoms with van der Waals surface area (Å²) < 4.78 is 1.27. The van der Waals surface area contributed by atoms with E-state index in [0.717, 1.165) is 5.56 Å². The highest BCUT2D eigenvalue weighted by Crippen LogP contribution is 2.25. The number of carbonyl (C=O) groups is 1. The second-order valence-electron chi connectivity index (χ2n) is 4.14. The van der Waals surface area contributed by atoms with Crippen LogP contribution < -0.4 is 0 Å². The van der Waals surface area contributed by atoms with E-state index in [9.17, 15) is 14.9 Å². The quantitative estimate of drug-likeness (QED) is 0.673. The second kappa shape index (κ2) is 4.52. The first kappa shape index (κ1) is 12.7. The molecule has 0 radical (unpaired) electrons. The van der Waals surface area contributed by atoms with Crippen LogP contribution in [0.1, 0.15) is 21.7 Å². The van der Waals surface area contributed by atoms with Gasteiger partial charge in [0, 0.05) is 11.8 Å². The summed E-state index contributed by atoms with van der Waals surface area (Å²) in [6.07, 6.45) is 0. The maximum atomic E-state index is 11.0. The number of aromatic nitrogens is 2. The van der Waals surface area contributed by atoms with Crippen LogP contribution in [0.3, 0.4) is 0 Å². The van der Waals surface area contributed by atoms with E-state index < -0.39 is 10.9 Å². The van der Waals surface area contributed by atoms with Crippen LogP contribution in [0.5, 0.6) is 0 Å². The molecule has 0 aliphatic carbocycles. The van der Waals surface area contributed by atoms with Crippen molar-refractivity contribution in [1.29, 1.82) is 0 Å². The summed E-state index contributed by atoms with van der Waals surface area (Å²) in [6, 6.07) is 5.98. The largest absolute Gasteiger partial charge is 0.476 e. The van der Waals surface area contributed by atoms with E-state index in [1.807, 2.05) is 0 Å². The molecule has 0 amide bonds. The third-order valence-electron chi connectivity index (χ3n) is 2.66. The van der Waals surface area contributed by atoms with Gasteiger partial charge in [-0.05, 0) is 31.5 Å². The first-order valence-corrected chi connectivity index (χ1v) is 5.45. The molecule has 0 unspecified atom stereocenters. The minimum Gasteiger partial charge on any atom is -0.476 e. The van der Waals surface area contributed by atoms with E-state index in [4.69, 9.17) is 5.11 Å². The molecule has 0 aliphatic heterocycles. The van der Waals surface area contributed by atoms with E-state index in [0.29, 0.717) is 5.69 Å². The van der Waals surface area contributed by atoms with Gasteiger partial charge in [-0.25, -0.2) is 9.48 Å². The van der Waals surface area contributed by atoms with Crippen molar-refractivity contribution in [2.75, 3.05) is 0 Å². The number of aromatic carboxylic acids is 1. The van der Waals surface area contributed by atoms with Crippen LogP contribution in [0.4, 0.5) is 5.69 Å². The van der Waals surface area contributed by atoms with E-state index >= 15 is 0 Å². The first-order valence-electron chi connectivity index (χ1n) is 5.45. The third-order valence-corrected chi connectivity index (χ3v) is 2.66. The fraction of sp³-hybridized carbons (Fsp3) is 0.167. The highest BCUT2D eigenvalue weighted by molar-refractivity contribution is 5.85. The van der Waals surface area contributed by atoms with Crippen LogP contribution in [-0.4, -0.2) is 25.8 Å². The molecule has 1 heterocycles. The van der Waals surface area contributed by atoms with Crippen LogP contribution >= 0.6 is 0 Å². The summed E-state index contributed by atoms with van der Waals surface area (Å²) in [5, 5.41) is 23.8. The molecule has 0 bridgehead atoms. The number of aryl methyl sites for hydroxylation is 2. The Bertz CT molecular complexity index is 676. The molecule has 0 fully saturated rings. The standard InChI is InChI=1S/C12H11N3O4/c1-7-3-4-10(15(18)19)11(5-7)14-8(2)6-9(13-14)12(16)17/h3-6H,1-2H3,(H,16,17). The van der Waals surface area contributed by atoms with Crippen LogP contribution in [0.2, 0.25) is 0 Å². The molecule has 0 aliphatic rings. The van der Waals surface area contributed by atoms with Gasteiger partial charge in [-0.1, -0.05) is 6.07 Å². The Kier molecular flexibility index (Phi) is 3.04. The number of nitro benzene ring substituents is 1. The minimum absolute atomic E-state index is 0.117. The lowest BCUT2D eigenvalue weighted by molar-refractivity contribution is -0.384. The number of nitrogens with zero attached hydrogens (tertiary/aromatic N) is 3. The summed E-state index contributed by atoms with van der Waals surface area (Å²) in [5.74, 6) is -1.17. The van der Waals surface area contributed by atoms with Crippen molar-refractivity contribution in [2.24, 2.45) is 0 Å². The zero-order chi connectivity index (χ0) is 14.2. The smallest absolute Gasteiger partial charge is 0.356 e. The maximum absolute atomic E-state index is 11.0. The topological polar surface area (TPSA) is 98.3 Å². The highest BCUT2D eigenvalue weighted by Gasteiger charge is 2.19. The van der Waals surface area contributed by atoms with Gasteiger partial charge >= 0.3 is 5.97 Å². The monoisotopic (exact) mass is 261 g/mol. The van der Waals surface area contributed by atoms with E-state index in [1.165, 1.54) is 16.8 Å². The van der Waals surface area contributed by atoms with Gasteiger partial charge in [0.2, 0.25) is 0 Å². The van der Waals surface area contributed by atoms with E-state index in [-0.39, 0.29) is 17.1 Å². The van der Waals surface area contributed by atoms with Gasteiger partial charge in [-0.3, -0.25) is 10.1 Å². The molecule has 19 heavy (non-hydrogen) atoms. The van der Waals surface area contributed by atoms with E-state index in [1.54, 1.807) is 26.0 Å². The molecule has 7 heteroatoms. The third kappa shape index (κ3) is 2.30. The van der Waals surface area contributed by atoms with Gasteiger partial charge in [0.05, 0.1) is 4.92 Å². The molecule has 0 atom stereocenters. The van der Waals surface area contributed by atoms with Crippen molar-refractivity contribution in [2.45, 2.75) is 13.8 Å². The summed E-state index contributed by atoms with van der Waals surface area (Å²) in [6.45, 7) is 3.44.